The maximum absolute atomic E-state index is 11.7. The van der Waals surface area contributed by atoms with Gasteiger partial charge in [-0.2, -0.15) is 0 Å². The molecule has 0 aromatic carbocycles. The molecule has 2 saturated carbocycles. The van der Waals surface area contributed by atoms with Crippen LogP contribution in [0.5, 0.6) is 0 Å². The van der Waals surface area contributed by atoms with Gasteiger partial charge in [0.25, 0.3) is 0 Å². The number of carbonyl (C=O) groups excluding carboxylic acids is 4. The van der Waals surface area contributed by atoms with Gasteiger partial charge in [-0.05, 0) is 25.7 Å². The van der Waals surface area contributed by atoms with E-state index in [4.69, 9.17) is 0 Å². The normalized spacial score (nSPS) is 37.6. The fourth-order valence-electron chi connectivity index (χ4n) is 3.29. The Morgan fingerprint density at radius 2 is 1.19 bits per heavy atom. The molecule has 2 aliphatic rings. The second kappa shape index (κ2) is 3.61. The van der Waals surface area contributed by atoms with Gasteiger partial charge in [-0.1, -0.05) is 0 Å². The molecule has 2 rings (SSSR count). The van der Waals surface area contributed by atoms with Gasteiger partial charge in [0.05, 0.1) is 11.8 Å². The van der Waals surface area contributed by atoms with E-state index in [1.165, 1.54) is 13.8 Å². The summed E-state index contributed by atoms with van der Waals surface area (Å²) in [6.07, 6.45) is 0.426. The zero-order chi connectivity index (χ0) is 12.0. The minimum absolute atomic E-state index is 0.0961. The topological polar surface area (TPSA) is 68.3 Å². The largest absolute Gasteiger partial charge is 0.299 e. The van der Waals surface area contributed by atoms with Crippen LogP contribution in [-0.2, 0) is 19.2 Å². The first-order chi connectivity index (χ1) is 7.43. The smallest absolute Gasteiger partial charge is 0.143 e. The van der Waals surface area contributed by atoms with Crippen molar-refractivity contribution in [3.05, 3.63) is 0 Å². The van der Waals surface area contributed by atoms with E-state index in [0.29, 0.717) is 0 Å². The maximum atomic E-state index is 11.7. The third kappa shape index (κ3) is 1.44. The van der Waals surface area contributed by atoms with Crippen LogP contribution in [-0.4, -0.2) is 23.1 Å². The Morgan fingerprint density at radius 1 is 0.875 bits per heavy atom. The molecule has 4 atom stereocenters. The SMILES string of the molecule is CC(=O)C1C(=O)C[C@@H]2C(C(C)=O)C(=O)C[C@H]12. The number of carbonyl (C=O) groups is 4. The number of ketones is 4. The lowest BCUT2D eigenvalue weighted by Gasteiger charge is -2.14. The minimum Gasteiger partial charge on any atom is -0.299 e. The van der Waals surface area contributed by atoms with Crippen LogP contribution in [0.4, 0.5) is 0 Å². The van der Waals surface area contributed by atoms with E-state index in [0.717, 1.165) is 0 Å². The number of fused-ring (bicyclic) bond motifs is 1. The summed E-state index contributed by atoms with van der Waals surface area (Å²) in [5, 5.41) is 0. The van der Waals surface area contributed by atoms with E-state index in [-0.39, 0.29) is 47.8 Å². The first kappa shape index (κ1) is 11.2. The molecule has 86 valence electrons. The lowest BCUT2D eigenvalue weighted by Crippen LogP contribution is -2.23. The van der Waals surface area contributed by atoms with Gasteiger partial charge in [-0.15, -0.1) is 0 Å². The van der Waals surface area contributed by atoms with Crippen molar-refractivity contribution in [2.75, 3.05) is 0 Å². The molecule has 0 bridgehead atoms. The predicted molar refractivity (Wildman–Crippen MR) is 54.6 cm³/mol. The summed E-state index contributed by atoms with van der Waals surface area (Å²) in [7, 11) is 0. The molecule has 0 radical (unpaired) electrons. The molecule has 0 spiro atoms. The van der Waals surface area contributed by atoms with E-state index >= 15 is 0 Å². The lowest BCUT2D eigenvalue weighted by atomic mass is 9.86. The first-order valence-electron chi connectivity index (χ1n) is 5.49. The van der Waals surface area contributed by atoms with Crippen LogP contribution in [0.2, 0.25) is 0 Å². The van der Waals surface area contributed by atoms with Crippen molar-refractivity contribution in [1.29, 1.82) is 0 Å². The van der Waals surface area contributed by atoms with Crippen molar-refractivity contribution in [2.24, 2.45) is 23.7 Å². The highest BCUT2D eigenvalue weighted by Gasteiger charge is 2.55. The van der Waals surface area contributed by atoms with E-state index < -0.39 is 11.8 Å². The van der Waals surface area contributed by atoms with Crippen LogP contribution in [0.15, 0.2) is 0 Å². The molecular formula is C12H14O4. The van der Waals surface area contributed by atoms with Crippen LogP contribution in [0.1, 0.15) is 26.7 Å². The van der Waals surface area contributed by atoms with Gasteiger partial charge in [-0.25, -0.2) is 0 Å². The number of Topliss-reactive ketones (excluding diaryl/α,β-unsaturated/α-hetero) is 4. The summed E-state index contributed by atoms with van der Waals surface area (Å²) < 4.78 is 0. The standard InChI is InChI=1S/C12H14O4/c1-5(13)11-7-3-10(16)12(6(2)14)8(7)4-9(11)15/h7-8,11-12H,3-4H2,1-2H3/t7-,8-,11?,12?/m0/s1. The minimum atomic E-state index is -0.640. The van der Waals surface area contributed by atoms with Crippen LogP contribution in [0.3, 0.4) is 0 Å². The highest BCUT2D eigenvalue weighted by molar-refractivity contribution is 6.09. The molecule has 2 aliphatic carbocycles. The molecule has 0 aromatic rings. The zero-order valence-corrected chi connectivity index (χ0v) is 9.36. The van der Waals surface area contributed by atoms with Gasteiger partial charge in [0.15, 0.2) is 0 Å². The molecule has 0 N–H and O–H groups in total. The third-order valence-electron chi connectivity index (χ3n) is 3.85. The summed E-state index contributed by atoms with van der Waals surface area (Å²) in [4.78, 5) is 46.1. The summed E-state index contributed by atoms with van der Waals surface area (Å²) in [6.45, 7) is 2.77. The Bertz CT molecular complexity index is 358. The lowest BCUT2D eigenvalue weighted by molar-refractivity contribution is -0.131. The average Bonchev–Trinajstić information content (AvgIpc) is 2.55. The van der Waals surface area contributed by atoms with Crippen molar-refractivity contribution in [3.63, 3.8) is 0 Å². The molecule has 0 saturated heterocycles. The van der Waals surface area contributed by atoms with Gasteiger partial charge in [0.1, 0.15) is 23.1 Å². The van der Waals surface area contributed by atoms with Crippen LogP contribution >= 0.6 is 0 Å². The average molecular weight is 222 g/mol. The zero-order valence-electron chi connectivity index (χ0n) is 9.36. The Kier molecular flexibility index (Phi) is 2.52. The molecule has 2 unspecified atom stereocenters. The Morgan fingerprint density at radius 3 is 1.44 bits per heavy atom. The molecule has 0 aromatic heterocycles. The molecule has 4 heteroatoms. The monoisotopic (exact) mass is 222 g/mol. The second-order valence-electron chi connectivity index (χ2n) is 4.85. The molecule has 16 heavy (non-hydrogen) atoms. The summed E-state index contributed by atoms with van der Waals surface area (Å²) in [5.74, 6) is -2.25. The Hall–Kier alpha value is -1.32. The van der Waals surface area contributed by atoms with Crippen LogP contribution in [0.25, 0.3) is 0 Å². The van der Waals surface area contributed by atoms with Gasteiger partial charge in [0, 0.05) is 12.8 Å². The van der Waals surface area contributed by atoms with Crippen molar-refractivity contribution < 1.29 is 19.2 Å². The fourth-order valence-corrected chi connectivity index (χ4v) is 3.29. The van der Waals surface area contributed by atoms with Gasteiger partial charge >= 0.3 is 0 Å². The number of hydrogen-bond donors (Lipinski definition) is 0. The highest BCUT2D eigenvalue weighted by atomic mass is 16.2. The third-order valence-corrected chi connectivity index (χ3v) is 3.85. The molecule has 4 nitrogen and oxygen atoms in total. The van der Waals surface area contributed by atoms with Crippen molar-refractivity contribution in [1.82, 2.24) is 0 Å². The Labute approximate surface area is 93.4 Å². The summed E-state index contributed by atoms with van der Waals surface area (Å²) in [5.41, 5.74) is 0. The first-order valence-corrected chi connectivity index (χ1v) is 5.49. The second-order valence-corrected chi connectivity index (χ2v) is 4.85. The van der Waals surface area contributed by atoms with E-state index in [1.54, 1.807) is 0 Å². The highest BCUT2D eigenvalue weighted by Crippen LogP contribution is 2.47. The Balaban J connectivity index is 2.32. The fraction of sp³-hybridized carbons (Fsp3) is 0.667. The maximum Gasteiger partial charge on any atom is 0.143 e. The van der Waals surface area contributed by atoms with Crippen LogP contribution < -0.4 is 0 Å². The predicted octanol–water partition coefficient (Wildman–Crippen LogP) is 0.575. The molecule has 0 amide bonds. The van der Waals surface area contributed by atoms with Gasteiger partial charge < -0.3 is 0 Å². The van der Waals surface area contributed by atoms with Crippen molar-refractivity contribution in [3.8, 4) is 0 Å². The van der Waals surface area contributed by atoms with E-state index in [2.05, 4.69) is 0 Å². The molecule has 0 heterocycles. The van der Waals surface area contributed by atoms with Gasteiger partial charge in [-0.3, -0.25) is 19.2 Å². The molecular weight excluding hydrogens is 208 g/mol. The van der Waals surface area contributed by atoms with Crippen molar-refractivity contribution in [2.45, 2.75) is 26.7 Å². The van der Waals surface area contributed by atoms with Crippen molar-refractivity contribution >= 4 is 23.1 Å². The van der Waals surface area contributed by atoms with Crippen LogP contribution in [0, 0.1) is 23.7 Å². The van der Waals surface area contributed by atoms with E-state index in [9.17, 15) is 19.2 Å². The van der Waals surface area contributed by atoms with E-state index in [1.807, 2.05) is 0 Å². The number of hydrogen-bond acceptors (Lipinski definition) is 4. The quantitative estimate of drug-likeness (QED) is 0.641. The summed E-state index contributed by atoms with van der Waals surface area (Å²) in [6, 6.07) is 0. The number of rotatable bonds is 2. The molecule has 0 aliphatic heterocycles. The van der Waals surface area contributed by atoms with Gasteiger partial charge in [0.2, 0.25) is 0 Å². The molecule has 2 fully saturated rings. The summed E-state index contributed by atoms with van der Waals surface area (Å²) >= 11 is 0.